The molecule has 0 aromatic carbocycles. The fraction of sp³-hybridized carbons (Fsp3) is 0.762. The first-order valence-electron chi connectivity index (χ1n) is 10.9. The third-order valence-electron chi connectivity index (χ3n) is 5.36. The molecule has 0 fully saturated rings. The SMILES string of the molecule is CCC(C)C(NC(=O)C(CCC(N)=O)NC(=O)C(NC(=O)C(N)C(C)C)C(C)C)C(=O)O. The van der Waals surface area contributed by atoms with Crippen molar-refractivity contribution >= 4 is 29.6 Å². The van der Waals surface area contributed by atoms with E-state index in [0.717, 1.165) is 0 Å². The first-order chi connectivity index (χ1) is 14.7. The van der Waals surface area contributed by atoms with Crippen LogP contribution in [0.3, 0.4) is 0 Å². The van der Waals surface area contributed by atoms with Gasteiger partial charge in [0, 0.05) is 6.42 Å². The van der Waals surface area contributed by atoms with Gasteiger partial charge >= 0.3 is 5.97 Å². The molecule has 11 heteroatoms. The van der Waals surface area contributed by atoms with E-state index in [9.17, 15) is 29.1 Å². The number of nitrogens with one attached hydrogen (secondary N) is 3. The first kappa shape index (κ1) is 29.3. The van der Waals surface area contributed by atoms with Crippen LogP contribution in [0.25, 0.3) is 0 Å². The number of hydrogen-bond acceptors (Lipinski definition) is 6. The summed E-state index contributed by atoms with van der Waals surface area (Å²) in [4.78, 5) is 60.8. The lowest BCUT2D eigenvalue weighted by Gasteiger charge is -2.28. The van der Waals surface area contributed by atoms with Gasteiger partial charge in [-0.25, -0.2) is 4.79 Å². The molecule has 0 aromatic rings. The van der Waals surface area contributed by atoms with Crippen molar-refractivity contribution in [2.45, 2.75) is 85.0 Å². The van der Waals surface area contributed by atoms with Crippen LogP contribution in [0.5, 0.6) is 0 Å². The minimum absolute atomic E-state index is 0.121. The van der Waals surface area contributed by atoms with Gasteiger partial charge in [-0.05, 0) is 24.2 Å². The van der Waals surface area contributed by atoms with Gasteiger partial charge in [0.2, 0.25) is 23.6 Å². The quantitative estimate of drug-likeness (QED) is 0.202. The molecule has 5 atom stereocenters. The van der Waals surface area contributed by atoms with E-state index in [2.05, 4.69) is 16.0 Å². The van der Waals surface area contributed by atoms with Crippen LogP contribution in [-0.4, -0.2) is 58.9 Å². The second-order valence-electron chi connectivity index (χ2n) is 8.78. The number of hydrogen-bond donors (Lipinski definition) is 6. The van der Waals surface area contributed by atoms with Crippen LogP contribution in [0.4, 0.5) is 0 Å². The zero-order chi connectivity index (χ0) is 25.2. The van der Waals surface area contributed by atoms with Gasteiger partial charge in [0.15, 0.2) is 0 Å². The summed E-state index contributed by atoms with van der Waals surface area (Å²) < 4.78 is 0. The summed E-state index contributed by atoms with van der Waals surface area (Å²) in [5.41, 5.74) is 11.0. The van der Waals surface area contributed by atoms with Crippen molar-refractivity contribution in [2.24, 2.45) is 29.2 Å². The molecule has 0 aromatic heterocycles. The number of aliphatic carboxylic acids is 1. The minimum atomic E-state index is -1.21. The normalized spacial score (nSPS) is 15.9. The smallest absolute Gasteiger partial charge is 0.326 e. The number of amides is 4. The monoisotopic (exact) mass is 457 g/mol. The number of rotatable bonds is 14. The Labute approximate surface area is 189 Å². The molecule has 5 unspecified atom stereocenters. The van der Waals surface area contributed by atoms with Crippen LogP contribution in [0, 0.1) is 17.8 Å². The van der Waals surface area contributed by atoms with E-state index in [0.29, 0.717) is 6.42 Å². The van der Waals surface area contributed by atoms with Crippen LogP contribution in [0.1, 0.15) is 60.8 Å². The van der Waals surface area contributed by atoms with E-state index in [1.54, 1.807) is 41.5 Å². The first-order valence-corrected chi connectivity index (χ1v) is 10.9. The summed E-state index contributed by atoms with van der Waals surface area (Å²) in [5, 5.41) is 17.0. The van der Waals surface area contributed by atoms with E-state index in [4.69, 9.17) is 11.5 Å². The second-order valence-corrected chi connectivity index (χ2v) is 8.78. The van der Waals surface area contributed by atoms with Crippen molar-refractivity contribution in [3.63, 3.8) is 0 Å². The molecule has 4 amide bonds. The van der Waals surface area contributed by atoms with E-state index >= 15 is 0 Å². The maximum atomic E-state index is 12.9. The largest absolute Gasteiger partial charge is 0.480 e. The van der Waals surface area contributed by atoms with Gasteiger partial charge in [0.05, 0.1) is 6.04 Å². The molecule has 0 heterocycles. The Morgan fingerprint density at radius 3 is 1.75 bits per heavy atom. The number of carboxylic acid groups (broad SMARTS) is 1. The van der Waals surface area contributed by atoms with Crippen molar-refractivity contribution in [1.29, 1.82) is 0 Å². The highest BCUT2D eigenvalue weighted by atomic mass is 16.4. The molecule has 0 aliphatic rings. The van der Waals surface area contributed by atoms with E-state index < -0.39 is 53.8 Å². The molecule has 11 nitrogen and oxygen atoms in total. The predicted molar refractivity (Wildman–Crippen MR) is 119 cm³/mol. The van der Waals surface area contributed by atoms with Gasteiger partial charge in [0.1, 0.15) is 18.1 Å². The molecule has 0 saturated carbocycles. The highest BCUT2D eigenvalue weighted by Gasteiger charge is 2.33. The summed E-state index contributed by atoms with van der Waals surface area (Å²) in [6.07, 6.45) is 0.188. The van der Waals surface area contributed by atoms with Crippen molar-refractivity contribution in [3.05, 3.63) is 0 Å². The Hall–Kier alpha value is -2.69. The van der Waals surface area contributed by atoms with Crippen LogP contribution in [0.15, 0.2) is 0 Å². The van der Waals surface area contributed by atoms with Crippen LogP contribution < -0.4 is 27.4 Å². The lowest BCUT2D eigenvalue weighted by atomic mass is 9.98. The second kappa shape index (κ2) is 13.7. The fourth-order valence-corrected chi connectivity index (χ4v) is 2.84. The molecule has 0 aliphatic heterocycles. The van der Waals surface area contributed by atoms with Gasteiger partial charge in [-0.15, -0.1) is 0 Å². The van der Waals surface area contributed by atoms with Crippen LogP contribution >= 0.6 is 0 Å². The molecule has 0 radical (unpaired) electrons. The predicted octanol–water partition coefficient (Wildman–Crippen LogP) is -0.524. The molecule has 0 saturated heterocycles. The van der Waals surface area contributed by atoms with Gasteiger partial charge < -0.3 is 32.5 Å². The van der Waals surface area contributed by atoms with Gasteiger partial charge in [-0.1, -0.05) is 48.0 Å². The third-order valence-corrected chi connectivity index (χ3v) is 5.36. The van der Waals surface area contributed by atoms with Gasteiger partial charge in [0.25, 0.3) is 0 Å². The highest BCUT2D eigenvalue weighted by molar-refractivity contribution is 5.94. The molecule has 0 aliphatic carbocycles. The van der Waals surface area contributed by atoms with Crippen molar-refractivity contribution in [1.82, 2.24) is 16.0 Å². The van der Waals surface area contributed by atoms with E-state index in [1.165, 1.54) is 0 Å². The molecule has 32 heavy (non-hydrogen) atoms. The van der Waals surface area contributed by atoms with E-state index in [-0.39, 0.29) is 30.6 Å². The van der Waals surface area contributed by atoms with E-state index in [1.807, 2.05) is 0 Å². The fourth-order valence-electron chi connectivity index (χ4n) is 2.84. The Morgan fingerprint density at radius 1 is 0.812 bits per heavy atom. The Bertz CT molecular complexity index is 682. The summed E-state index contributed by atoms with van der Waals surface area (Å²) in [5.74, 6) is -4.62. The lowest BCUT2D eigenvalue weighted by Crippen LogP contribution is -2.59. The molecular formula is C21H39N5O6. The minimum Gasteiger partial charge on any atom is -0.480 e. The number of primary amides is 1. The molecule has 0 spiro atoms. The lowest BCUT2D eigenvalue weighted by molar-refractivity contribution is -0.144. The van der Waals surface area contributed by atoms with Crippen molar-refractivity contribution < 1.29 is 29.1 Å². The summed E-state index contributed by atoms with van der Waals surface area (Å²) in [6.45, 7) is 10.4. The van der Waals surface area contributed by atoms with Gasteiger partial charge in [-0.2, -0.15) is 0 Å². The molecule has 0 rings (SSSR count). The maximum Gasteiger partial charge on any atom is 0.326 e. The standard InChI is InChI=1S/C21H39N5O6/c1-7-12(6)17(21(31)32)26-18(28)13(8-9-14(22)27)24-20(30)16(11(4)5)25-19(29)15(23)10(2)3/h10-13,15-17H,7-9,23H2,1-6H3,(H2,22,27)(H,24,30)(H,25,29)(H,26,28)(H,31,32). The van der Waals surface area contributed by atoms with Crippen molar-refractivity contribution in [3.8, 4) is 0 Å². The average molecular weight is 458 g/mol. The molecule has 8 N–H and O–H groups in total. The number of carbonyl (C=O) groups excluding carboxylic acids is 4. The Balaban J connectivity index is 5.57. The topological polar surface area (TPSA) is 194 Å². The summed E-state index contributed by atoms with van der Waals surface area (Å²) in [7, 11) is 0. The third kappa shape index (κ3) is 9.63. The average Bonchev–Trinajstić information content (AvgIpc) is 2.70. The van der Waals surface area contributed by atoms with Crippen LogP contribution in [0.2, 0.25) is 0 Å². The zero-order valence-corrected chi connectivity index (χ0v) is 19.8. The molecular weight excluding hydrogens is 418 g/mol. The molecule has 0 bridgehead atoms. The highest BCUT2D eigenvalue weighted by Crippen LogP contribution is 2.10. The Morgan fingerprint density at radius 2 is 1.34 bits per heavy atom. The number of carbonyl (C=O) groups is 5. The Kier molecular flexibility index (Phi) is 12.5. The van der Waals surface area contributed by atoms with Crippen LogP contribution in [-0.2, 0) is 24.0 Å². The van der Waals surface area contributed by atoms with Gasteiger partial charge in [-0.3, -0.25) is 19.2 Å². The maximum absolute atomic E-state index is 12.9. The summed E-state index contributed by atoms with van der Waals surface area (Å²) in [6, 6.07) is -4.17. The molecule has 184 valence electrons. The number of nitrogens with two attached hydrogens (primary N) is 2. The van der Waals surface area contributed by atoms with Crippen molar-refractivity contribution in [2.75, 3.05) is 0 Å². The number of carboxylic acids is 1. The summed E-state index contributed by atoms with van der Waals surface area (Å²) >= 11 is 0. The zero-order valence-electron chi connectivity index (χ0n) is 19.8.